The predicted octanol–water partition coefficient (Wildman–Crippen LogP) is 1.89. The van der Waals surface area contributed by atoms with Gasteiger partial charge >= 0.3 is 0 Å². The van der Waals surface area contributed by atoms with E-state index in [1.165, 1.54) is 0 Å². The summed E-state index contributed by atoms with van der Waals surface area (Å²) in [5.41, 5.74) is 0.973. The third-order valence-electron chi connectivity index (χ3n) is 1.95. The number of carbonyl (C=O) groups excluding carboxylic acids is 2. The third kappa shape index (κ3) is 7.33. The van der Waals surface area contributed by atoms with Crippen LogP contribution in [0.4, 0.5) is 0 Å². The molecule has 0 radical (unpaired) electrons. The van der Waals surface area contributed by atoms with Gasteiger partial charge in [-0.25, -0.2) is 0 Å². The summed E-state index contributed by atoms with van der Waals surface area (Å²) in [6.45, 7) is 11.1. The summed E-state index contributed by atoms with van der Waals surface area (Å²) in [5.74, 6) is -0.225. The van der Waals surface area contributed by atoms with Gasteiger partial charge in [0.1, 0.15) is 0 Å². The largest absolute Gasteiger partial charge is 0.350 e. The first-order valence-corrected chi connectivity index (χ1v) is 5.84. The standard InChI is InChI=1S/C13H22N2O2/c1-6-7-12(16)15-11(5)8-10(4)13(17)14-9(2)3/h8-9H,5-7H2,1-4H3,(H,14,17)(H,15,16)/b10-8+. The second-order valence-electron chi connectivity index (χ2n) is 4.28. The Morgan fingerprint density at radius 3 is 2.41 bits per heavy atom. The van der Waals surface area contributed by atoms with Crippen molar-refractivity contribution in [1.29, 1.82) is 0 Å². The molecule has 0 aliphatic heterocycles. The molecule has 0 aliphatic rings. The van der Waals surface area contributed by atoms with E-state index in [9.17, 15) is 9.59 Å². The van der Waals surface area contributed by atoms with Crippen molar-refractivity contribution in [1.82, 2.24) is 10.6 Å². The van der Waals surface area contributed by atoms with Crippen LogP contribution in [0, 0.1) is 0 Å². The number of hydrogen-bond donors (Lipinski definition) is 2. The SMILES string of the molecule is C=C(/C=C(\C)C(=O)NC(C)C)NC(=O)CCC. The molecule has 0 rings (SSSR count). The molecule has 4 nitrogen and oxygen atoms in total. The summed E-state index contributed by atoms with van der Waals surface area (Å²) in [5, 5.41) is 5.40. The van der Waals surface area contributed by atoms with Crippen LogP contribution in [0.5, 0.6) is 0 Å². The molecule has 0 saturated heterocycles. The number of nitrogens with one attached hydrogen (secondary N) is 2. The van der Waals surface area contributed by atoms with Gasteiger partial charge in [-0.1, -0.05) is 13.5 Å². The molecular weight excluding hydrogens is 216 g/mol. The van der Waals surface area contributed by atoms with Gasteiger partial charge in [0.2, 0.25) is 11.8 Å². The van der Waals surface area contributed by atoms with Gasteiger partial charge in [-0.3, -0.25) is 9.59 Å². The Morgan fingerprint density at radius 1 is 1.35 bits per heavy atom. The highest BCUT2D eigenvalue weighted by Gasteiger charge is 2.06. The van der Waals surface area contributed by atoms with Gasteiger partial charge in [0, 0.05) is 23.7 Å². The Balaban J connectivity index is 4.33. The number of allylic oxidation sites excluding steroid dienone is 1. The smallest absolute Gasteiger partial charge is 0.247 e. The van der Waals surface area contributed by atoms with Crippen LogP contribution in [0.1, 0.15) is 40.5 Å². The van der Waals surface area contributed by atoms with Gasteiger partial charge in [0.15, 0.2) is 0 Å². The normalized spacial score (nSPS) is 11.2. The molecule has 0 aromatic rings. The fraction of sp³-hybridized carbons (Fsp3) is 0.538. The lowest BCUT2D eigenvalue weighted by Crippen LogP contribution is -2.31. The Morgan fingerprint density at radius 2 is 1.94 bits per heavy atom. The summed E-state index contributed by atoms with van der Waals surface area (Å²) in [7, 11) is 0. The summed E-state index contributed by atoms with van der Waals surface area (Å²) in [6, 6.07) is 0.0915. The zero-order valence-corrected chi connectivity index (χ0v) is 11.1. The van der Waals surface area contributed by atoms with E-state index >= 15 is 0 Å². The molecule has 2 N–H and O–H groups in total. The maximum Gasteiger partial charge on any atom is 0.247 e. The fourth-order valence-corrected chi connectivity index (χ4v) is 1.21. The molecular formula is C13H22N2O2. The Hall–Kier alpha value is -1.58. The first kappa shape index (κ1) is 15.4. The van der Waals surface area contributed by atoms with E-state index in [4.69, 9.17) is 0 Å². The van der Waals surface area contributed by atoms with Crippen molar-refractivity contribution in [2.24, 2.45) is 0 Å². The van der Waals surface area contributed by atoms with Crippen molar-refractivity contribution in [3.05, 3.63) is 23.9 Å². The third-order valence-corrected chi connectivity index (χ3v) is 1.95. The molecule has 17 heavy (non-hydrogen) atoms. The van der Waals surface area contributed by atoms with Crippen LogP contribution >= 0.6 is 0 Å². The van der Waals surface area contributed by atoms with Crippen LogP contribution in [0.25, 0.3) is 0 Å². The lowest BCUT2D eigenvalue weighted by Gasteiger charge is -2.09. The van der Waals surface area contributed by atoms with Crippen molar-refractivity contribution in [3.63, 3.8) is 0 Å². The second-order valence-corrected chi connectivity index (χ2v) is 4.28. The van der Waals surface area contributed by atoms with Gasteiger partial charge in [-0.05, 0) is 33.3 Å². The number of rotatable bonds is 6. The monoisotopic (exact) mass is 238 g/mol. The van der Waals surface area contributed by atoms with Crippen molar-refractivity contribution in [3.8, 4) is 0 Å². The summed E-state index contributed by atoms with van der Waals surface area (Å²) in [4.78, 5) is 22.8. The van der Waals surface area contributed by atoms with Gasteiger partial charge in [-0.15, -0.1) is 0 Å². The minimum atomic E-state index is -0.147. The molecule has 0 spiro atoms. The minimum absolute atomic E-state index is 0.0779. The van der Waals surface area contributed by atoms with E-state index in [0.29, 0.717) is 17.7 Å². The first-order chi connectivity index (χ1) is 7.86. The maximum atomic E-state index is 11.6. The number of carbonyl (C=O) groups is 2. The van der Waals surface area contributed by atoms with Crippen molar-refractivity contribution < 1.29 is 9.59 Å². The topological polar surface area (TPSA) is 58.2 Å². The maximum absolute atomic E-state index is 11.6. The van der Waals surface area contributed by atoms with Crippen LogP contribution in [-0.2, 0) is 9.59 Å². The molecule has 0 fully saturated rings. The minimum Gasteiger partial charge on any atom is -0.350 e. The van der Waals surface area contributed by atoms with Gasteiger partial charge in [0.05, 0.1) is 0 Å². The summed E-state index contributed by atoms with van der Waals surface area (Å²) < 4.78 is 0. The van der Waals surface area contributed by atoms with Crippen molar-refractivity contribution >= 4 is 11.8 Å². The van der Waals surface area contributed by atoms with Crippen LogP contribution in [0.15, 0.2) is 23.9 Å². The zero-order valence-electron chi connectivity index (χ0n) is 11.1. The zero-order chi connectivity index (χ0) is 13.4. The highest BCUT2D eigenvalue weighted by atomic mass is 16.2. The average Bonchev–Trinajstić information content (AvgIpc) is 2.16. The highest BCUT2D eigenvalue weighted by molar-refractivity contribution is 5.93. The van der Waals surface area contributed by atoms with Crippen LogP contribution in [0.3, 0.4) is 0 Å². The molecule has 0 unspecified atom stereocenters. The number of amides is 2. The van der Waals surface area contributed by atoms with E-state index in [0.717, 1.165) is 6.42 Å². The van der Waals surface area contributed by atoms with Crippen molar-refractivity contribution in [2.75, 3.05) is 0 Å². The van der Waals surface area contributed by atoms with E-state index in [2.05, 4.69) is 17.2 Å². The van der Waals surface area contributed by atoms with Gasteiger partial charge in [0.25, 0.3) is 0 Å². The molecule has 0 atom stereocenters. The van der Waals surface area contributed by atoms with E-state index in [1.54, 1.807) is 13.0 Å². The molecule has 0 bridgehead atoms. The van der Waals surface area contributed by atoms with E-state index in [1.807, 2.05) is 20.8 Å². The molecule has 2 amide bonds. The lowest BCUT2D eigenvalue weighted by atomic mass is 10.2. The van der Waals surface area contributed by atoms with Gasteiger partial charge in [-0.2, -0.15) is 0 Å². The van der Waals surface area contributed by atoms with Crippen LogP contribution in [0.2, 0.25) is 0 Å². The predicted molar refractivity (Wildman–Crippen MR) is 69.2 cm³/mol. The van der Waals surface area contributed by atoms with E-state index < -0.39 is 0 Å². The molecule has 96 valence electrons. The Labute approximate surface area is 103 Å². The number of hydrogen-bond acceptors (Lipinski definition) is 2. The second kappa shape index (κ2) is 7.65. The fourth-order valence-electron chi connectivity index (χ4n) is 1.21. The van der Waals surface area contributed by atoms with E-state index in [-0.39, 0.29) is 17.9 Å². The molecule has 0 aromatic carbocycles. The summed E-state index contributed by atoms with van der Waals surface area (Å²) in [6.07, 6.45) is 2.82. The molecule has 0 aliphatic carbocycles. The quantitative estimate of drug-likeness (QED) is 0.548. The molecule has 0 aromatic heterocycles. The average molecular weight is 238 g/mol. The summed E-state index contributed by atoms with van der Waals surface area (Å²) >= 11 is 0. The van der Waals surface area contributed by atoms with Crippen LogP contribution in [-0.4, -0.2) is 17.9 Å². The first-order valence-electron chi connectivity index (χ1n) is 5.84. The molecule has 4 heteroatoms. The Kier molecular flexibility index (Phi) is 6.94. The Bertz CT molecular complexity index is 330. The van der Waals surface area contributed by atoms with Crippen LogP contribution < -0.4 is 10.6 Å². The molecule has 0 heterocycles. The van der Waals surface area contributed by atoms with Gasteiger partial charge < -0.3 is 10.6 Å². The highest BCUT2D eigenvalue weighted by Crippen LogP contribution is 1.99. The molecule has 0 saturated carbocycles. The lowest BCUT2D eigenvalue weighted by molar-refractivity contribution is -0.120. The van der Waals surface area contributed by atoms with Crippen molar-refractivity contribution in [2.45, 2.75) is 46.6 Å².